The molecule has 1 heterocycles. The van der Waals surface area contributed by atoms with Gasteiger partial charge in [-0.1, -0.05) is 11.6 Å². The third-order valence-electron chi connectivity index (χ3n) is 3.40. The number of aliphatic hydroxyl groups is 1. The molecule has 21 heavy (non-hydrogen) atoms. The molecule has 1 aromatic carbocycles. The Morgan fingerprint density at radius 3 is 2.71 bits per heavy atom. The van der Waals surface area contributed by atoms with Gasteiger partial charge in [-0.05, 0) is 38.7 Å². The highest BCUT2D eigenvalue weighted by Crippen LogP contribution is 2.29. The summed E-state index contributed by atoms with van der Waals surface area (Å²) < 4.78 is 40.3. The van der Waals surface area contributed by atoms with Gasteiger partial charge in [0.15, 0.2) is 0 Å². The van der Waals surface area contributed by atoms with Crippen molar-refractivity contribution < 1.29 is 17.9 Å². The quantitative estimate of drug-likeness (QED) is 0.896. The van der Waals surface area contributed by atoms with Gasteiger partial charge in [0.1, 0.15) is 10.7 Å². The Kier molecular flexibility index (Phi) is 4.89. The summed E-state index contributed by atoms with van der Waals surface area (Å²) in [7, 11) is -0.365. The number of benzene rings is 1. The fourth-order valence-corrected chi connectivity index (χ4v) is 4.43. The van der Waals surface area contributed by atoms with Crippen LogP contribution in [-0.4, -0.2) is 62.1 Å². The van der Waals surface area contributed by atoms with E-state index in [2.05, 4.69) is 0 Å². The van der Waals surface area contributed by atoms with E-state index >= 15 is 0 Å². The molecule has 8 heteroatoms. The lowest BCUT2D eigenvalue weighted by molar-refractivity contribution is 0.188. The third kappa shape index (κ3) is 3.54. The maximum absolute atomic E-state index is 13.9. The lowest BCUT2D eigenvalue weighted by Crippen LogP contribution is -2.41. The molecule has 0 amide bonds. The van der Waals surface area contributed by atoms with Crippen molar-refractivity contribution in [2.24, 2.45) is 0 Å². The molecule has 1 aliphatic rings. The van der Waals surface area contributed by atoms with Crippen LogP contribution in [-0.2, 0) is 10.0 Å². The number of likely N-dealkylation sites (N-methyl/N-ethyl adjacent to an activating group) is 1. The molecule has 0 radical (unpaired) electrons. The fourth-order valence-electron chi connectivity index (χ4n) is 2.56. The van der Waals surface area contributed by atoms with E-state index in [0.717, 1.165) is 12.1 Å². The maximum Gasteiger partial charge on any atom is 0.246 e. The van der Waals surface area contributed by atoms with Crippen molar-refractivity contribution in [1.29, 1.82) is 0 Å². The molecule has 0 saturated carbocycles. The summed E-state index contributed by atoms with van der Waals surface area (Å²) in [5.41, 5.74) is 0. The largest absolute Gasteiger partial charge is 0.392 e. The zero-order valence-electron chi connectivity index (χ0n) is 11.8. The first kappa shape index (κ1) is 16.6. The normalized spacial score (nSPS) is 23.9. The van der Waals surface area contributed by atoms with Crippen LogP contribution in [0.15, 0.2) is 23.1 Å². The smallest absolute Gasteiger partial charge is 0.246 e. The Hall–Kier alpha value is -0.730. The number of nitrogens with zero attached hydrogens (tertiary/aromatic N) is 2. The summed E-state index contributed by atoms with van der Waals surface area (Å²) >= 11 is 5.65. The molecule has 2 unspecified atom stereocenters. The van der Waals surface area contributed by atoms with E-state index in [4.69, 9.17) is 11.6 Å². The van der Waals surface area contributed by atoms with Crippen LogP contribution in [0, 0.1) is 5.82 Å². The average Bonchev–Trinajstić information content (AvgIpc) is 2.69. The highest BCUT2D eigenvalue weighted by molar-refractivity contribution is 7.89. The summed E-state index contributed by atoms with van der Waals surface area (Å²) in [6, 6.07) is 3.09. The second-order valence-corrected chi connectivity index (χ2v) is 7.75. The van der Waals surface area contributed by atoms with Crippen LogP contribution in [0.1, 0.15) is 6.42 Å². The van der Waals surface area contributed by atoms with Gasteiger partial charge in [0.25, 0.3) is 0 Å². The molecule has 1 N–H and O–H groups in total. The monoisotopic (exact) mass is 336 g/mol. The SMILES string of the molecule is CN(C)CC1CC(O)CN1S(=O)(=O)c1ccc(Cl)cc1F. The third-order valence-corrected chi connectivity index (χ3v) is 5.59. The van der Waals surface area contributed by atoms with Crippen LogP contribution in [0.4, 0.5) is 4.39 Å². The zero-order chi connectivity index (χ0) is 15.8. The van der Waals surface area contributed by atoms with E-state index in [9.17, 15) is 17.9 Å². The summed E-state index contributed by atoms with van der Waals surface area (Å²) in [6.07, 6.45) is -0.396. The minimum atomic E-state index is -4.00. The number of sulfonamides is 1. The Balaban J connectivity index is 2.37. The van der Waals surface area contributed by atoms with Crippen LogP contribution < -0.4 is 0 Å². The first-order chi connectivity index (χ1) is 9.71. The van der Waals surface area contributed by atoms with E-state index in [0.29, 0.717) is 13.0 Å². The van der Waals surface area contributed by atoms with Crippen molar-refractivity contribution in [3.05, 3.63) is 29.0 Å². The first-order valence-corrected chi connectivity index (χ1v) is 8.33. The number of rotatable bonds is 4. The van der Waals surface area contributed by atoms with Crippen LogP contribution in [0.3, 0.4) is 0 Å². The van der Waals surface area contributed by atoms with E-state index in [-0.39, 0.29) is 17.6 Å². The summed E-state index contributed by atoms with van der Waals surface area (Å²) in [6.45, 7) is 0.439. The van der Waals surface area contributed by atoms with Gasteiger partial charge in [0, 0.05) is 24.2 Å². The minimum absolute atomic E-state index is 0.0249. The van der Waals surface area contributed by atoms with E-state index in [1.165, 1.54) is 10.4 Å². The number of hydrogen-bond acceptors (Lipinski definition) is 4. The Labute approximate surface area is 129 Å². The van der Waals surface area contributed by atoms with Crippen LogP contribution in [0.2, 0.25) is 5.02 Å². The molecule has 2 rings (SSSR count). The molecule has 5 nitrogen and oxygen atoms in total. The van der Waals surface area contributed by atoms with Crippen molar-refractivity contribution in [2.45, 2.75) is 23.5 Å². The van der Waals surface area contributed by atoms with Crippen molar-refractivity contribution in [1.82, 2.24) is 9.21 Å². The second kappa shape index (κ2) is 6.18. The molecule has 0 bridgehead atoms. The molecular weight excluding hydrogens is 319 g/mol. The molecule has 0 aliphatic carbocycles. The van der Waals surface area contributed by atoms with E-state index in [1.54, 1.807) is 0 Å². The highest BCUT2D eigenvalue weighted by Gasteiger charge is 2.40. The van der Waals surface area contributed by atoms with Crippen LogP contribution in [0.25, 0.3) is 0 Å². The summed E-state index contributed by atoms with van der Waals surface area (Å²) in [5, 5.41) is 9.90. The summed E-state index contributed by atoms with van der Waals surface area (Å²) in [5.74, 6) is -0.882. The van der Waals surface area contributed by atoms with Crippen molar-refractivity contribution in [3.63, 3.8) is 0 Å². The van der Waals surface area contributed by atoms with E-state index in [1.807, 2.05) is 19.0 Å². The molecule has 1 aliphatic heterocycles. The van der Waals surface area contributed by atoms with Gasteiger partial charge < -0.3 is 10.0 Å². The number of halogens is 2. The molecule has 1 aromatic rings. The van der Waals surface area contributed by atoms with Crippen molar-refractivity contribution in [3.8, 4) is 0 Å². The van der Waals surface area contributed by atoms with Gasteiger partial charge in [0.2, 0.25) is 10.0 Å². The van der Waals surface area contributed by atoms with Gasteiger partial charge in [-0.15, -0.1) is 0 Å². The maximum atomic E-state index is 13.9. The molecule has 0 aromatic heterocycles. The number of β-amino-alcohol motifs (C(OH)–C–C–N with tert-alkyl or cyclic N) is 1. The standard InChI is InChI=1S/C13H18ClFN2O3S/c1-16(2)7-10-6-11(18)8-17(10)21(19,20)13-4-3-9(14)5-12(13)15/h3-5,10-11,18H,6-8H2,1-2H3. The van der Waals surface area contributed by atoms with Crippen molar-refractivity contribution in [2.75, 3.05) is 27.2 Å². The number of hydrogen-bond donors (Lipinski definition) is 1. The van der Waals surface area contributed by atoms with Crippen LogP contribution >= 0.6 is 11.6 Å². The van der Waals surface area contributed by atoms with Crippen LogP contribution in [0.5, 0.6) is 0 Å². The molecular formula is C13H18ClFN2O3S. The molecule has 2 atom stereocenters. The predicted molar refractivity (Wildman–Crippen MR) is 78.3 cm³/mol. The van der Waals surface area contributed by atoms with Gasteiger partial charge in [-0.3, -0.25) is 0 Å². The van der Waals surface area contributed by atoms with Gasteiger partial charge in [-0.2, -0.15) is 4.31 Å². The zero-order valence-corrected chi connectivity index (χ0v) is 13.4. The molecule has 1 fully saturated rings. The molecule has 1 saturated heterocycles. The Bertz CT molecular complexity index is 624. The second-order valence-electron chi connectivity index (χ2n) is 5.46. The molecule has 0 spiro atoms. The van der Waals surface area contributed by atoms with Gasteiger partial charge in [0.05, 0.1) is 6.10 Å². The lowest BCUT2D eigenvalue weighted by atomic mass is 10.2. The minimum Gasteiger partial charge on any atom is -0.392 e. The fraction of sp³-hybridized carbons (Fsp3) is 0.538. The summed E-state index contributed by atoms with van der Waals surface area (Å²) in [4.78, 5) is 1.42. The first-order valence-electron chi connectivity index (χ1n) is 6.51. The average molecular weight is 337 g/mol. The lowest BCUT2D eigenvalue weighted by Gasteiger charge is -2.26. The number of aliphatic hydroxyl groups excluding tert-OH is 1. The highest BCUT2D eigenvalue weighted by atomic mass is 35.5. The topological polar surface area (TPSA) is 60.9 Å². The molecule has 118 valence electrons. The van der Waals surface area contributed by atoms with Gasteiger partial charge >= 0.3 is 0 Å². The Morgan fingerprint density at radius 1 is 1.48 bits per heavy atom. The van der Waals surface area contributed by atoms with E-state index < -0.39 is 26.8 Å². The van der Waals surface area contributed by atoms with Crippen molar-refractivity contribution >= 4 is 21.6 Å². The van der Waals surface area contributed by atoms with Gasteiger partial charge in [-0.25, -0.2) is 12.8 Å². The Morgan fingerprint density at radius 2 is 2.14 bits per heavy atom. The predicted octanol–water partition coefficient (Wildman–Crippen LogP) is 1.16.